The van der Waals surface area contributed by atoms with Crippen LogP contribution in [0.25, 0.3) is 16.9 Å². The lowest BCUT2D eigenvalue weighted by Crippen LogP contribution is -2.27. The summed E-state index contributed by atoms with van der Waals surface area (Å²) >= 11 is 0. The Hall–Kier alpha value is -3.91. The largest absolute Gasteiger partial charge is 0.465 e. The van der Waals surface area contributed by atoms with E-state index in [2.05, 4.69) is 28.1 Å². The van der Waals surface area contributed by atoms with Crippen molar-refractivity contribution in [1.29, 1.82) is 0 Å². The molecule has 0 bridgehead atoms. The Morgan fingerprint density at radius 3 is 2.72 bits per heavy atom. The second kappa shape index (κ2) is 8.68. The maximum Gasteiger partial charge on any atom is 0.404 e. The first-order chi connectivity index (χ1) is 15.7. The zero-order valence-electron chi connectivity index (χ0n) is 17.5. The Bertz CT molecular complexity index is 1270. The van der Waals surface area contributed by atoms with Crippen molar-refractivity contribution in [2.24, 2.45) is 0 Å². The molecule has 162 valence electrons. The zero-order chi connectivity index (χ0) is 21.9. The summed E-state index contributed by atoms with van der Waals surface area (Å²) in [7, 11) is 0. The normalized spacial score (nSPS) is 13.0. The number of rotatable bonds is 6. The Morgan fingerprint density at radius 1 is 1.06 bits per heavy atom. The van der Waals surface area contributed by atoms with E-state index in [0.717, 1.165) is 46.6 Å². The summed E-state index contributed by atoms with van der Waals surface area (Å²) in [6, 6.07) is 20.1. The van der Waals surface area contributed by atoms with E-state index in [4.69, 9.17) is 15.1 Å². The molecule has 8 nitrogen and oxygen atoms in total. The van der Waals surface area contributed by atoms with Crippen LogP contribution in [0.4, 0.5) is 10.6 Å². The second-order valence-electron chi connectivity index (χ2n) is 7.75. The van der Waals surface area contributed by atoms with Crippen LogP contribution in [0.1, 0.15) is 22.5 Å². The van der Waals surface area contributed by atoms with E-state index in [1.165, 1.54) is 5.56 Å². The molecule has 0 atom stereocenters. The Morgan fingerprint density at radius 2 is 1.88 bits per heavy atom. The van der Waals surface area contributed by atoms with E-state index >= 15 is 0 Å². The molecule has 2 aromatic carbocycles. The predicted molar refractivity (Wildman–Crippen MR) is 123 cm³/mol. The van der Waals surface area contributed by atoms with Crippen LogP contribution in [0.3, 0.4) is 0 Å². The zero-order valence-corrected chi connectivity index (χ0v) is 17.5. The van der Waals surface area contributed by atoms with E-state index in [-0.39, 0.29) is 6.54 Å². The summed E-state index contributed by atoms with van der Waals surface area (Å²) in [5.41, 5.74) is 4.99. The van der Waals surface area contributed by atoms with E-state index in [1.807, 2.05) is 53.1 Å². The molecule has 8 heteroatoms. The first kappa shape index (κ1) is 20.0. The van der Waals surface area contributed by atoms with Crippen LogP contribution in [-0.2, 0) is 26.1 Å². The van der Waals surface area contributed by atoms with Crippen LogP contribution < -0.4 is 16.0 Å². The summed E-state index contributed by atoms with van der Waals surface area (Å²) in [5.74, 6) is 1.35. The summed E-state index contributed by atoms with van der Waals surface area (Å²) in [6.45, 7) is 2.40. The average molecular weight is 428 g/mol. The molecule has 0 saturated heterocycles. The second-order valence-corrected chi connectivity index (χ2v) is 7.75. The average Bonchev–Trinajstić information content (AvgIpc) is 3.20. The molecular formula is C24H24N6O2. The molecule has 1 aliphatic rings. The van der Waals surface area contributed by atoms with Gasteiger partial charge in [0, 0.05) is 42.7 Å². The predicted octanol–water partition coefficient (Wildman–Crippen LogP) is 3.45. The number of nitrogens with zero attached hydrogens (tertiary/aromatic N) is 3. The minimum Gasteiger partial charge on any atom is -0.465 e. The smallest absolute Gasteiger partial charge is 0.404 e. The van der Waals surface area contributed by atoms with Gasteiger partial charge in [-0.15, -0.1) is 0 Å². The van der Waals surface area contributed by atoms with Crippen LogP contribution >= 0.6 is 0 Å². The van der Waals surface area contributed by atoms with Crippen molar-refractivity contribution in [2.75, 3.05) is 11.9 Å². The molecule has 1 amide bonds. The summed E-state index contributed by atoms with van der Waals surface area (Å²) < 4.78 is 1.95. The van der Waals surface area contributed by atoms with E-state index < -0.39 is 6.09 Å². The molecule has 3 heterocycles. The third-order valence-corrected chi connectivity index (χ3v) is 5.63. The van der Waals surface area contributed by atoms with Crippen molar-refractivity contribution in [1.82, 2.24) is 25.2 Å². The number of anilines is 1. The number of aromatic nitrogens is 3. The van der Waals surface area contributed by atoms with Gasteiger partial charge in [-0.25, -0.2) is 9.78 Å². The fourth-order valence-corrected chi connectivity index (χ4v) is 4.10. The molecule has 1 aliphatic heterocycles. The van der Waals surface area contributed by atoms with Gasteiger partial charge in [0.05, 0.1) is 17.8 Å². The number of carboxylic acid groups (broad SMARTS) is 1. The van der Waals surface area contributed by atoms with Gasteiger partial charge in [-0.3, -0.25) is 4.57 Å². The van der Waals surface area contributed by atoms with Gasteiger partial charge in [-0.1, -0.05) is 48.5 Å². The first-order valence-corrected chi connectivity index (χ1v) is 10.6. The minimum atomic E-state index is -1.07. The lowest BCUT2D eigenvalue weighted by atomic mass is 10.1. The lowest BCUT2D eigenvalue weighted by Gasteiger charge is -2.21. The number of nitrogens with one attached hydrogen (secondary N) is 3. The molecule has 0 spiro atoms. The molecule has 0 unspecified atom stereocenters. The molecule has 0 aliphatic carbocycles. The number of amides is 1. The Labute approximate surface area is 185 Å². The molecular weight excluding hydrogens is 404 g/mol. The fraction of sp³-hybridized carbons (Fsp3) is 0.208. The molecule has 32 heavy (non-hydrogen) atoms. The number of hydrogen-bond acceptors (Lipinski definition) is 5. The van der Waals surface area contributed by atoms with Gasteiger partial charge < -0.3 is 21.1 Å². The molecule has 0 saturated carbocycles. The third kappa shape index (κ3) is 4.00. The van der Waals surface area contributed by atoms with Crippen LogP contribution in [0, 0.1) is 0 Å². The highest BCUT2D eigenvalue weighted by atomic mass is 16.4. The molecule has 2 aromatic heterocycles. The highest BCUT2D eigenvalue weighted by molar-refractivity contribution is 5.83. The van der Waals surface area contributed by atoms with E-state index in [9.17, 15) is 4.79 Å². The molecule has 5 rings (SSSR count). The number of hydrogen-bond donors (Lipinski definition) is 4. The summed E-state index contributed by atoms with van der Waals surface area (Å²) in [6.07, 6.45) is -0.253. The molecule has 4 aromatic rings. The summed E-state index contributed by atoms with van der Waals surface area (Å²) in [4.78, 5) is 20.9. The fourth-order valence-electron chi connectivity index (χ4n) is 4.10. The molecule has 4 N–H and O–H groups in total. The van der Waals surface area contributed by atoms with Gasteiger partial charge in [0.25, 0.3) is 0 Å². The van der Waals surface area contributed by atoms with Gasteiger partial charge in [0.1, 0.15) is 5.82 Å². The van der Waals surface area contributed by atoms with Gasteiger partial charge in [-0.2, -0.15) is 4.98 Å². The van der Waals surface area contributed by atoms with Crippen molar-refractivity contribution in [3.63, 3.8) is 0 Å². The Kier molecular flexibility index (Phi) is 5.43. The maximum atomic E-state index is 11.1. The van der Waals surface area contributed by atoms with Crippen molar-refractivity contribution in [3.8, 4) is 5.95 Å². The lowest BCUT2D eigenvalue weighted by molar-refractivity contribution is 0.193. The van der Waals surface area contributed by atoms with Crippen LogP contribution in [-0.4, -0.2) is 32.3 Å². The van der Waals surface area contributed by atoms with Gasteiger partial charge in [0.15, 0.2) is 0 Å². The van der Waals surface area contributed by atoms with E-state index in [0.29, 0.717) is 19.0 Å². The van der Waals surface area contributed by atoms with Crippen LogP contribution in [0.5, 0.6) is 0 Å². The van der Waals surface area contributed by atoms with Crippen LogP contribution in [0.2, 0.25) is 0 Å². The molecule has 0 fully saturated rings. The standard InChI is InChI=1S/C24H24N6O2/c31-24(32)27-14-18-12-17-8-4-5-9-21(17)30(18)23-28-20-10-11-25-15-19(20)22(29-23)26-13-16-6-2-1-3-7-16/h1-9,12,25,27H,10-11,13-15H2,(H,31,32)(H,26,28,29). The van der Waals surface area contributed by atoms with Gasteiger partial charge in [-0.05, 0) is 17.7 Å². The van der Waals surface area contributed by atoms with Crippen molar-refractivity contribution in [3.05, 3.63) is 83.2 Å². The first-order valence-electron chi connectivity index (χ1n) is 10.6. The monoisotopic (exact) mass is 428 g/mol. The van der Waals surface area contributed by atoms with Gasteiger partial charge >= 0.3 is 6.09 Å². The highest BCUT2D eigenvalue weighted by Gasteiger charge is 2.21. The summed E-state index contributed by atoms with van der Waals surface area (Å²) in [5, 5.41) is 19.5. The maximum absolute atomic E-state index is 11.1. The minimum absolute atomic E-state index is 0.165. The highest BCUT2D eigenvalue weighted by Crippen LogP contribution is 2.27. The van der Waals surface area contributed by atoms with Crippen molar-refractivity contribution < 1.29 is 9.90 Å². The van der Waals surface area contributed by atoms with Gasteiger partial charge in [0.2, 0.25) is 5.95 Å². The van der Waals surface area contributed by atoms with E-state index in [1.54, 1.807) is 0 Å². The quantitative estimate of drug-likeness (QED) is 0.375. The SMILES string of the molecule is O=C(O)NCc1cc2ccccc2n1-c1nc2c(c(NCc3ccccc3)n1)CNCC2. The molecule has 0 radical (unpaired) electrons. The van der Waals surface area contributed by atoms with Crippen molar-refractivity contribution >= 4 is 22.8 Å². The van der Waals surface area contributed by atoms with Crippen molar-refractivity contribution in [2.45, 2.75) is 26.1 Å². The van der Waals surface area contributed by atoms with Crippen LogP contribution in [0.15, 0.2) is 60.7 Å². The number of para-hydroxylation sites is 1. The number of benzene rings is 2. The Balaban J connectivity index is 1.59. The number of fused-ring (bicyclic) bond motifs is 2. The topological polar surface area (TPSA) is 104 Å². The number of carbonyl (C=O) groups is 1. The third-order valence-electron chi connectivity index (χ3n) is 5.63.